The van der Waals surface area contributed by atoms with Crippen LogP contribution in [0.2, 0.25) is 0 Å². The molecule has 0 spiro atoms. The van der Waals surface area contributed by atoms with E-state index in [0.29, 0.717) is 16.7 Å². The first-order chi connectivity index (χ1) is 12.0. The zero-order valence-corrected chi connectivity index (χ0v) is 13.7. The van der Waals surface area contributed by atoms with Gasteiger partial charge in [0.05, 0.1) is 0 Å². The maximum atomic E-state index is 13.1. The van der Waals surface area contributed by atoms with Crippen LogP contribution in [-0.4, -0.2) is 11.6 Å². The summed E-state index contributed by atoms with van der Waals surface area (Å²) in [5.41, 5.74) is 1.49. The second kappa shape index (κ2) is 7.51. The van der Waals surface area contributed by atoms with Crippen LogP contribution in [0.4, 0.5) is 8.78 Å². The predicted molar refractivity (Wildman–Crippen MR) is 91.5 cm³/mol. The minimum atomic E-state index is -0.391. The lowest BCUT2D eigenvalue weighted by atomic mass is 9.80. The molecule has 2 aromatic carbocycles. The van der Waals surface area contributed by atoms with Crippen LogP contribution in [0.5, 0.6) is 0 Å². The smallest absolute Gasteiger partial charge is 0.188 e. The minimum Gasteiger partial charge on any atom is -0.294 e. The fourth-order valence-corrected chi connectivity index (χ4v) is 3.18. The molecule has 2 aromatic rings. The Kier molecular flexibility index (Phi) is 5.17. The molecule has 0 fully saturated rings. The molecule has 25 heavy (non-hydrogen) atoms. The van der Waals surface area contributed by atoms with E-state index in [1.54, 1.807) is 0 Å². The van der Waals surface area contributed by atoms with E-state index in [-0.39, 0.29) is 29.7 Å². The largest absolute Gasteiger partial charge is 0.294 e. The summed E-state index contributed by atoms with van der Waals surface area (Å²) in [4.78, 5) is 25.2. The van der Waals surface area contributed by atoms with Crippen molar-refractivity contribution in [3.63, 3.8) is 0 Å². The summed E-state index contributed by atoms with van der Waals surface area (Å²) in [6, 6.07) is 10.9. The summed E-state index contributed by atoms with van der Waals surface area (Å²) in [6.45, 7) is 0. The van der Waals surface area contributed by atoms with E-state index in [4.69, 9.17) is 0 Å². The van der Waals surface area contributed by atoms with Gasteiger partial charge in [0.15, 0.2) is 11.6 Å². The van der Waals surface area contributed by atoms with E-state index < -0.39 is 5.82 Å². The number of rotatable bonds is 5. The first-order valence-corrected chi connectivity index (χ1v) is 8.33. The van der Waals surface area contributed by atoms with Gasteiger partial charge in [0, 0.05) is 17.5 Å². The van der Waals surface area contributed by atoms with Crippen molar-refractivity contribution in [2.45, 2.75) is 25.7 Å². The first kappa shape index (κ1) is 17.2. The van der Waals surface area contributed by atoms with E-state index in [0.717, 1.165) is 19.3 Å². The molecule has 0 saturated heterocycles. The second-order valence-corrected chi connectivity index (χ2v) is 6.26. The normalized spacial score (nSPS) is 17.0. The third-order valence-electron chi connectivity index (χ3n) is 4.53. The third-order valence-corrected chi connectivity index (χ3v) is 4.53. The van der Waals surface area contributed by atoms with Crippen molar-refractivity contribution in [2.75, 3.05) is 0 Å². The van der Waals surface area contributed by atoms with Crippen LogP contribution in [0, 0.1) is 17.6 Å². The molecule has 0 aliphatic heterocycles. The van der Waals surface area contributed by atoms with Gasteiger partial charge in [0.1, 0.15) is 11.6 Å². The fraction of sp³-hybridized carbons (Fsp3) is 0.238. The van der Waals surface area contributed by atoms with Crippen LogP contribution in [0.1, 0.15) is 46.4 Å². The summed E-state index contributed by atoms with van der Waals surface area (Å²) < 4.78 is 26.1. The summed E-state index contributed by atoms with van der Waals surface area (Å²) in [5, 5.41) is 0. The van der Waals surface area contributed by atoms with Crippen LogP contribution < -0.4 is 0 Å². The van der Waals surface area contributed by atoms with Crippen molar-refractivity contribution in [1.29, 1.82) is 0 Å². The number of allylic oxidation sites excluding steroid dienone is 2. The SMILES string of the molecule is O=C(C[C@@H]1CCCC=C1C(=O)c1ccc(F)cc1)c1ccc(F)cc1. The highest BCUT2D eigenvalue weighted by molar-refractivity contribution is 6.09. The van der Waals surface area contributed by atoms with Gasteiger partial charge in [-0.3, -0.25) is 9.59 Å². The number of hydrogen-bond donors (Lipinski definition) is 0. The molecule has 0 aromatic heterocycles. The molecule has 1 aliphatic carbocycles. The van der Waals surface area contributed by atoms with Crippen LogP contribution >= 0.6 is 0 Å². The van der Waals surface area contributed by atoms with E-state index in [1.165, 1.54) is 48.5 Å². The van der Waals surface area contributed by atoms with Crippen molar-refractivity contribution in [3.05, 3.63) is 82.9 Å². The zero-order valence-electron chi connectivity index (χ0n) is 13.7. The predicted octanol–water partition coefficient (Wildman–Crippen LogP) is 5.15. The molecular formula is C21H18F2O2. The quantitative estimate of drug-likeness (QED) is 0.706. The Bertz CT molecular complexity index is 805. The Labute approximate surface area is 145 Å². The summed E-state index contributed by atoms with van der Waals surface area (Å²) in [5.74, 6) is -1.20. The van der Waals surface area contributed by atoms with Gasteiger partial charge >= 0.3 is 0 Å². The molecule has 0 N–H and O–H groups in total. The lowest BCUT2D eigenvalue weighted by Crippen LogP contribution is -2.20. The first-order valence-electron chi connectivity index (χ1n) is 8.33. The molecule has 0 saturated carbocycles. The van der Waals surface area contributed by atoms with Gasteiger partial charge in [-0.15, -0.1) is 0 Å². The number of ketones is 2. The van der Waals surface area contributed by atoms with Crippen LogP contribution in [0.3, 0.4) is 0 Å². The topological polar surface area (TPSA) is 34.1 Å². The number of hydrogen-bond acceptors (Lipinski definition) is 2. The average molecular weight is 340 g/mol. The molecule has 128 valence electrons. The minimum absolute atomic E-state index is 0.107. The van der Waals surface area contributed by atoms with Crippen LogP contribution in [-0.2, 0) is 0 Å². The van der Waals surface area contributed by atoms with Crippen molar-refractivity contribution < 1.29 is 18.4 Å². The van der Waals surface area contributed by atoms with E-state index >= 15 is 0 Å². The van der Waals surface area contributed by atoms with Gasteiger partial charge in [-0.05, 0) is 79.3 Å². The Morgan fingerprint density at radius 1 is 0.880 bits per heavy atom. The molecular weight excluding hydrogens is 322 g/mol. The fourth-order valence-electron chi connectivity index (χ4n) is 3.18. The maximum absolute atomic E-state index is 13.1. The highest BCUT2D eigenvalue weighted by atomic mass is 19.1. The monoisotopic (exact) mass is 340 g/mol. The Morgan fingerprint density at radius 3 is 2.04 bits per heavy atom. The van der Waals surface area contributed by atoms with Crippen molar-refractivity contribution in [3.8, 4) is 0 Å². The Morgan fingerprint density at radius 2 is 1.44 bits per heavy atom. The Balaban J connectivity index is 1.77. The molecule has 0 radical (unpaired) electrons. The molecule has 1 aliphatic rings. The van der Waals surface area contributed by atoms with Gasteiger partial charge in [0.2, 0.25) is 0 Å². The van der Waals surface area contributed by atoms with Crippen LogP contribution in [0.15, 0.2) is 60.2 Å². The van der Waals surface area contributed by atoms with Gasteiger partial charge < -0.3 is 0 Å². The summed E-state index contributed by atoms with van der Waals surface area (Å²) in [7, 11) is 0. The van der Waals surface area contributed by atoms with Crippen molar-refractivity contribution >= 4 is 11.6 Å². The second-order valence-electron chi connectivity index (χ2n) is 6.26. The van der Waals surface area contributed by atoms with E-state index in [9.17, 15) is 18.4 Å². The highest BCUT2D eigenvalue weighted by Gasteiger charge is 2.26. The average Bonchev–Trinajstić information content (AvgIpc) is 2.63. The lowest BCUT2D eigenvalue weighted by molar-refractivity contribution is 0.0953. The number of Topliss-reactive ketones (excluding diaryl/α,β-unsaturated/α-hetero) is 2. The zero-order chi connectivity index (χ0) is 17.8. The maximum Gasteiger partial charge on any atom is 0.188 e. The molecule has 0 unspecified atom stereocenters. The van der Waals surface area contributed by atoms with Gasteiger partial charge in [-0.2, -0.15) is 0 Å². The van der Waals surface area contributed by atoms with Crippen molar-refractivity contribution in [2.24, 2.45) is 5.92 Å². The number of carbonyl (C=O) groups is 2. The molecule has 2 nitrogen and oxygen atoms in total. The van der Waals surface area contributed by atoms with Gasteiger partial charge in [-0.25, -0.2) is 8.78 Å². The number of benzene rings is 2. The van der Waals surface area contributed by atoms with E-state index in [2.05, 4.69) is 0 Å². The Hall–Kier alpha value is -2.62. The van der Waals surface area contributed by atoms with Gasteiger partial charge in [-0.1, -0.05) is 6.08 Å². The molecule has 4 heteroatoms. The molecule has 1 atom stereocenters. The summed E-state index contributed by atoms with van der Waals surface area (Å²) in [6.07, 6.45) is 4.57. The van der Waals surface area contributed by atoms with E-state index in [1.807, 2.05) is 6.08 Å². The molecule has 0 amide bonds. The molecule has 3 rings (SSSR count). The lowest BCUT2D eigenvalue weighted by Gasteiger charge is -2.23. The molecule has 0 bridgehead atoms. The summed E-state index contributed by atoms with van der Waals surface area (Å²) >= 11 is 0. The number of halogens is 2. The number of carbonyl (C=O) groups excluding carboxylic acids is 2. The molecule has 0 heterocycles. The highest BCUT2D eigenvalue weighted by Crippen LogP contribution is 2.31. The third kappa shape index (κ3) is 4.08. The van der Waals surface area contributed by atoms with Crippen molar-refractivity contribution in [1.82, 2.24) is 0 Å². The van der Waals surface area contributed by atoms with Gasteiger partial charge in [0.25, 0.3) is 0 Å². The van der Waals surface area contributed by atoms with Crippen LogP contribution in [0.25, 0.3) is 0 Å². The standard InChI is InChI=1S/C21H18F2O2/c22-17-9-5-14(6-10-17)20(24)13-16-3-1-2-4-19(16)21(25)15-7-11-18(23)12-8-15/h4-12,16H,1-3,13H2/t16-/m0/s1.